The number of nitrogens with one attached hydrogen (secondary N) is 1. The number of aromatic nitrogens is 2. The number of aromatic amines is 1. The van der Waals surface area contributed by atoms with Crippen molar-refractivity contribution in [1.29, 1.82) is 0 Å². The van der Waals surface area contributed by atoms with E-state index in [0.717, 1.165) is 0 Å². The number of alkyl halides is 2. The van der Waals surface area contributed by atoms with Crippen LogP contribution in [0.4, 0.5) is 19.0 Å². The van der Waals surface area contributed by atoms with Crippen LogP contribution < -0.4 is 5.73 Å². The molecular formula is C9H12F3N3. The summed E-state index contributed by atoms with van der Waals surface area (Å²) >= 11 is 0. The number of H-pyrrole nitrogens is 1. The molecule has 0 saturated heterocycles. The summed E-state index contributed by atoms with van der Waals surface area (Å²) in [6.07, 6.45) is 0.142. The molecule has 0 spiro atoms. The lowest BCUT2D eigenvalue weighted by atomic mass is 9.84. The van der Waals surface area contributed by atoms with E-state index in [2.05, 4.69) is 10.2 Å². The van der Waals surface area contributed by atoms with Gasteiger partial charge >= 0.3 is 0 Å². The van der Waals surface area contributed by atoms with Gasteiger partial charge in [-0.2, -0.15) is 5.10 Å². The van der Waals surface area contributed by atoms with E-state index in [9.17, 15) is 13.2 Å². The Kier molecular flexibility index (Phi) is 2.36. The first kappa shape index (κ1) is 10.3. The number of nitrogen functional groups attached to an aromatic ring is 1. The Bertz CT molecular complexity index is 351. The predicted octanol–water partition coefficient (Wildman–Crippen LogP) is 2.42. The van der Waals surface area contributed by atoms with E-state index in [1.54, 1.807) is 0 Å². The molecule has 3 nitrogen and oxygen atoms in total. The number of nitrogens with two attached hydrogens (primary N) is 1. The van der Waals surface area contributed by atoms with Gasteiger partial charge in [0.25, 0.3) is 0 Å². The summed E-state index contributed by atoms with van der Waals surface area (Å²) in [4.78, 5) is 0. The summed E-state index contributed by atoms with van der Waals surface area (Å²) in [6, 6.07) is 0. The summed E-state index contributed by atoms with van der Waals surface area (Å²) < 4.78 is 39.0. The maximum atomic E-state index is 13.3. The number of rotatable bonds is 1. The minimum atomic E-state index is -2.60. The van der Waals surface area contributed by atoms with E-state index in [4.69, 9.17) is 5.73 Å². The normalized spacial score (nSPS) is 21.8. The fourth-order valence-electron chi connectivity index (χ4n) is 1.96. The third-order valence-corrected chi connectivity index (χ3v) is 2.88. The Morgan fingerprint density at radius 3 is 2.40 bits per heavy atom. The van der Waals surface area contributed by atoms with E-state index >= 15 is 0 Å². The van der Waals surface area contributed by atoms with Crippen LogP contribution in [0.1, 0.15) is 37.3 Å². The smallest absolute Gasteiger partial charge is 0.248 e. The molecule has 0 radical (unpaired) electrons. The van der Waals surface area contributed by atoms with Gasteiger partial charge in [-0.15, -0.1) is 0 Å². The van der Waals surface area contributed by atoms with Gasteiger partial charge in [-0.3, -0.25) is 5.10 Å². The van der Waals surface area contributed by atoms with Crippen molar-refractivity contribution < 1.29 is 13.2 Å². The number of anilines is 1. The molecule has 1 aromatic rings. The van der Waals surface area contributed by atoms with Crippen LogP contribution in [-0.4, -0.2) is 16.1 Å². The van der Waals surface area contributed by atoms with Crippen molar-refractivity contribution in [3.05, 3.63) is 11.5 Å². The summed E-state index contributed by atoms with van der Waals surface area (Å²) in [5.74, 6) is -3.60. The fourth-order valence-corrected chi connectivity index (χ4v) is 1.96. The van der Waals surface area contributed by atoms with Crippen LogP contribution in [0, 0.1) is 5.82 Å². The van der Waals surface area contributed by atoms with Gasteiger partial charge in [0, 0.05) is 18.8 Å². The number of hydrogen-bond donors (Lipinski definition) is 2. The molecule has 0 unspecified atom stereocenters. The monoisotopic (exact) mass is 219 g/mol. The average Bonchev–Trinajstić information content (AvgIpc) is 2.49. The van der Waals surface area contributed by atoms with Crippen molar-refractivity contribution in [2.75, 3.05) is 5.73 Å². The zero-order valence-corrected chi connectivity index (χ0v) is 8.06. The standard InChI is InChI=1S/C9H12F3N3/c10-6-7(14-15-8(6)13)5-1-3-9(11,12)4-2-5/h5H,1-4H2,(H3,13,14,15). The summed E-state index contributed by atoms with van der Waals surface area (Å²) in [5.41, 5.74) is 5.50. The first-order valence-electron chi connectivity index (χ1n) is 4.87. The highest BCUT2D eigenvalue weighted by Crippen LogP contribution is 2.41. The van der Waals surface area contributed by atoms with Crippen molar-refractivity contribution in [3.63, 3.8) is 0 Å². The Hall–Kier alpha value is -1.20. The Morgan fingerprint density at radius 1 is 1.33 bits per heavy atom. The SMILES string of the molecule is Nc1n[nH]c(C2CCC(F)(F)CC2)c1F. The first-order chi connectivity index (χ1) is 6.99. The molecule has 84 valence electrons. The molecule has 0 bridgehead atoms. The van der Waals surface area contributed by atoms with Crippen LogP contribution in [-0.2, 0) is 0 Å². The van der Waals surface area contributed by atoms with Gasteiger partial charge in [0.15, 0.2) is 11.6 Å². The van der Waals surface area contributed by atoms with Crippen molar-refractivity contribution in [2.24, 2.45) is 0 Å². The molecule has 0 amide bonds. The molecule has 1 saturated carbocycles. The lowest BCUT2D eigenvalue weighted by molar-refractivity contribution is -0.0387. The Morgan fingerprint density at radius 2 is 1.93 bits per heavy atom. The second-order valence-corrected chi connectivity index (χ2v) is 3.97. The molecule has 1 aliphatic carbocycles. The number of halogens is 3. The highest BCUT2D eigenvalue weighted by Gasteiger charge is 2.37. The molecule has 1 aliphatic rings. The summed E-state index contributed by atoms with van der Waals surface area (Å²) in [6.45, 7) is 0. The van der Waals surface area contributed by atoms with Crippen LogP contribution >= 0.6 is 0 Å². The van der Waals surface area contributed by atoms with Crippen molar-refractivity contribution in [2.45, 2.75) is 37.5 Å². The van der Waals surface area contributed by atoms with Gasteiger partial charge in [-0.05, 0) is 12.8 Å². The van der Waals surface area contributed by atoms with E-state index < -0.39 is 11.7 Å². The van der Waals surface area contributed by atoms with Crippen LogP contribution in [0.3, 0.4) is 0 Å². The van der Waals surface area contributed by atoms with Gasteiger partial charge in [0.2, 0.25) is 5.92 Å². The number of hydrogen-bond acceptors (Lipinski definition) is 2. The van der Waals surface area contributed by atoms with Crippen LogP contribution in [0.2, 0.25) is 0 Å². The molecule has 0 atom stereocenters. The van der Waals surface area contributed by atoms with Gasteiger partial charge in [0.05, 0.1) is 5.69 Å². The predicted molar refractivity (Wildman–Crippen MR) is 49.1 cm³/mol. The number of nitrogens with zero attached hydrogens (tertiary/aromatic N) is 1. The van der Waals surface area contributed by atoms with E-state index in [0.29, 0.717) is 0 Å². The maximum absolute atomic E-state index is 13.3. The Labute approximate surface area is 84.8 Å². The second kappa shape index (κ2) is 3.43. The molecule has 0 aromatic carbocycles. The maximum Gasteiger partial charge on any atom is 0.248 e. The highest BCUT2D eigenvalue weighted by atomic mass is 19.3. The lowest BCUT2D eigenvalue weighted by Gasteiger charge is -2.27. The quantitative estimate of drug-likeness (QED) is 0.762. The van der Waals surface area contributed by atoms with Gasteiger partial charge in [-0.25, -0.2) is 13.2 Å². The molecule has 0 aliphatic heterocycles. The topological polar surface area (TPSA) is 54.7 Å². The minimum absolute atomic E-state index is 0.192. The van der Waals surface area contributed by atoms with Crippen LogP contribution in [0.5, 0.6) is 0 Å². The summed E-state index contributed by atoms with van der Waals surface area (Å²) in [5, 5.41) is 5.99. The molecule has 15 heavy (non-hydrogen) atoms. The van der Waals surface area contributed by atoms with Crippen LogP contribution in [0.15, 0.2) is 0 Å². The van der Waals surface area contributed by atoms with Crippen molar-refractivity contribution in [3.8, 4) is 0 Å². The molecular weight excluding hydrogens is 207 g/mol. The Balaban J connectivity index is 2.11. The third-order valence-electron chi connectivity index (χ3n) is 2.88. The van der Waals surface area contributed by atoms with Crippen LogP contribution in [0.25, 0.3) is 0 Å². The molecule has 6 heteroatoms. The van der Waals surface area contributed by atoms with E-state index in [1.807, 2.05) is 0 Å². The van der Waals surface area contributed by atoms with Gasteiger partial charge in [-0.1, -0.05) is 0 Å². The molecule has 1 fully saturated rings. The zero-order valence-electron chi connectivity index (χ0n) is 8.06. The first-order valence-corrected chi connectivity index (χ1v) is 4.87. The van der Waals surface area contributed by atoms with E-state index in [-0.39, 0.29) is 43.1 Å². The molecule has 1 aromatic heterocycles. The molecule has 2 rings (SSSR count). The summed E-state index contributed by atoms with van der Waals surface area (Å²) in [7, 11) is 0. The fraction of sp³-hybridized carbons (Fsp3) is 0.667. The second-order valence-electron chi connectivity index (χ2n) is 3.97. The average molecular weight is 219 g/mol. The van der Waals surface area contributed by atoms with Gasteiger partial charge < -0.3 is 5.73 Å². The van der Waals surface area contributed by atoms with Gasteiger partial charge in [0.1, 0.15) is 0 Å². The van der Waals surface area contributed by atoms with Crippen molar-refractivity contribution in [1.82, 2.24) is 10.2 Å². The minimum Gasteiger partial charge on any atom is -0.380 e. The van der Waals surface area contributed by atoms with E-state index in [1.165, 1.54) is 0 Å². The molecule has 3 N–H and O–H groups in total. The van der Waals surface area contributed by atoms with Crippen molar-refractivity contribution >= 4 is 5.82 Å². The lowest BCUT2D eigenvalue weighted by Crippen LogP contribution is -2.24. The highest BCUT2D eigenvalue weighted by molar-refractivity contribution is 5.33. The molecule has 1 heterocycles. The third kappa shape index (κ3) is 1.93. The zero-order chi connectivity index (χ0) is 11.1. The largest absolute Gasteiger partial charge is 0.380 e.